The molecule has 0 unspecified atom stereocenters. The van der Waals surface area contributed by atoms with Crippen molar-refractivity contribution in [3.05, 3.63) is 29.8 Å². The third-order valence-electron chi connectivity index (χ3n) is 3.92. The molecule has 0 amide bonds. The first kappa shape index (κ1) is 18.7. The van der Waals surface area contributed by atoms with Gasteiger partial charge in [0.05, 0.1) is 6.04 Å². The Morgan fingerprint density at radius 1 is 1.23 bits per heavy atom. The lowest BCUT2D eigenvalue weighted by atomic mass is 10.1. The lowest BCUT2D eigenvalue weighted by molar-refractivity contribution is -0.695. The Bertz CT molecular complexity index is 426. The van der Waals surface area contributed by atoms with Crippen LogP contribution < -0.4 is 10.1 Å². The number of aliphatic hydroxyl groups is 1. The van der Waals surface area contributed by atoms with Crippen LogP contribution >= 0.6 is 0 Å². The summed E-state index contributed by atoms with van der Waals surface area (Å²) in [4.78, 5) is 11.0. The molecule has 1 rings (SSSR count). The van der Waals surface area contributed by atoms with Crippen molar-refractivity contribution in [1.29, 1.82) is 0 Å². The van der Waals surface area contributed by atoms with Crippen molar-refractivity contribution in [1.82, 2.24) is 0 Å². The number of hydrogen-bond acceptors (Lipinski definition) is 3. The summed E-state index contributed by atoms with van der Waals surface area (Å²) in [6.07, 6.45) is 3.11. The summed E-state index contributed by atoms with van der Waals surface area (Å²) in [7, 11) is 0. The molecule has 0 bridgehead atoms. The maximum atomic E-state index is 11.0. The Labute approximate surface area is 133 Å². The number of Topliss-reactive ketones (excluding diaryl/α,β-unsaturated/α-hetero) is 1. The number of carbonyl (C=O) groups is 1. The van der Waals surface area contributed by atoms with Gasteiger partial charge in [-0.1, -0.05) is 26.0 Å². The van der Waals surface area contributed by atoms with Gasteiger partial charge in [-0.25, -0.2) is 0 Å². The highest BCUT2D eigenvalue weighted by Crippen LogP contribution is 2.13. The molecule has 0 heterocycles. The fourth-order valence-electron chi connectivity index (χ4n) is 2.30. The number of hydrogen-bond donors (Lipinski definition) is 2. The molecule has 0 spiro atoms. The summed E-state index contributed by atoms with van der Waals surface area (Å²) >= 11 is 0. The van der Waals surface area contributed by atoms with Crippen LogP contribution in [0.1, 0.15) is 45.6 Å². The summed E-state index contributed by atoms with van der Waals surface area (Å²) in [6, 6.07) is 8.32. The van der Waals surface area contributed by atoms with E-state index in [2.05, 4.69) is 19.2 Å². The Kier molecular flexibility index (Phi) is 8.78. The number of aliphatic hydroxyl groups excluding tert-OH is 1. The van der Waals surface area contributed by atoms with Gasteiger partial charge in [-0.2, -0.15) is 0 Å². The molecule has 4 heteroatoms. The van der Waals surface area contributed by atoms with Crippen LogP contribution in [-0.2, 0) is 11.2 Å². The van der Waals surface area contributed by atoms with Crippen LogP contribution in [0.15, 0.2) is 24.3 Å². The normalized spacial score (nSPS) is 12.4. The molecular formula is C18H30NO3+. The number of aryl methyl sites for hydroxylation is 1. The molecule has 0 saturated heterocycles. The molecular weight excluding hydrogens is 278 g/mol. The highest BCUT2D eigenvalue weighted by atomic mass is 16.5. The number of carbonyl (C=O) groups excluding carboxylic acids is 1. The molecule has 22 heavy (non-hydrogen) atoms. The van der Waals surface area contributed by atoms with Crippen LogP contribution in [0.5, 0.6) is 5.75 Å². The van der Waals surface area contributed by atoms with Gasteiger partial charge in [0.15, 0.2) is 0 Å². The average Bonchev–Trinajstić information content (AvgIpc) is 2.52. The molecule has 0 aliphatic carbocycles. The Morgan fingerprint density at radius 3 is 2.41 bits per heavy atom. The Morgan fingerprint density at radius 2 is 1.86 bits per heavy atom. The lowest BCUT2D eigenvalue weighted by Gasteiger charge is -2.15. The van der Waals surface area contributed by atoms with Gasteiger partial charge in [-0.15, -0.1) is 0 Å². The first-order valence-electron chi connectivity index (χ1n) is 8.27. The summed E-state index contributed by atoms with van der Waals surface area (Å²) in [5.41, 5.74) is 1.13. The molecule has 0 fully saturated rings. The van der Waals surface area contributed by atoms with Crippen LogP contribution in [-0.4, -0.2) is 36.2 Å². The van der Waals surface area contributed by atoms with Crippen molar-refractivity contribution in [2.75, 3.05) is 13.2 Å². The average molecular weight is 308 g/mol. The number of ketones is 1. The highest BCUT2D eigenvalue weighted by molar-refractivity contribution is 5.75. The van der Waals surface area contributed by atoms with Crippen molar-refractivity contribution in [2.24, 2.45) is 0 Å². The molecule has 1 atom stereocenters. The van der Waals surface area contributed by atoms with Crippen LogP contribution in [0.4, 0.5) is 0 Å². The predicted molar refractivity (Wildman–Crippen MR) is 88.1 cm³/mol. The number of quaternary nitrogens is 1. The molecule has 124 valence electrons. The van der Waals surface area contributed by atoms with Crippen LogP contribution in [0, 0.1) is 0 Å². The largest absolute Gasteiger partial charge is 0.491 e. The number of benzene rings is 1. The van der Waals surface area contributed by atoms with Gasteiger partial charge in [0.2, 0.25) is 0 Å². The third-order valence-corrected chi connectivity index (χ3v) is 3.92. The van der Waals surface area contributed by atoms with E-state index in [1.165, 1.54) is 0 Å². The highest BCUT2D eigenvalue weighted by Gasteiger charge is 2.12. The molecule has 0 aliphatic rings. The second-order valence-corrected chi connectivity index (χ2v) is 5.86. The monoisotopic (exact) mass is 308 g/mol. The van der Waals surface area contributed by atoms with Gasteiger partial charge < -0.3 is 20.0 Å². The van der Waals surface area contributed by atoms with Gasteiger partial charge in [0.1, 0.15) is 30.8 Å². The first-order valence-corrected chi connectivity index (χ1v) is 8.27. The number of ether oxygens (including phenoxy) is 1. The topological polar surface area (TPSA) is 63.1 Å². The van der Waals surface area contributed by atoms with E-state index in [0.29, 0.717) is 25.6 Å². The van der Waals surface area contributed by atoms with Crippen LogP contribution in [0.2, 0.25) is 0 Å². The van der Waals surface area contributed by atoms with E-state index in [0.717, 1.165) is 30.6 Å². The zero-order valence-electron chi connectivity index (χ0n) is 14.0. The molecule has 3 N–H and O–H groups in total. The van der Waals surface area contributed by atoms with Crippen molar-refractivity contribution in [3.8, 4) is 5.75 Å². The summed E-state index contributed by atoms with van der Waals surface area (Å²) in [5, 5.41) is 12.1. The van der Waals surface area contributed by atoms with E-state index in [1.807, 2.05) is 24.3 Å². The minimum atomic E-state index is -0.460. The smallest absolute Gasteiger partial charge is 0.137 e. The van der Waals surface area contributed by atoms with E-state index >= 15 is 0 Å². The summed E-state index contributed by atoms with van der Waals surface area (Å²) in [5.74, 6) is 0.963. The van der Waals surface area contributed by atoms with Gasteiger partial charge in [0, 0.05) is 6.42 Å². The van der Waals surface area contributed by atoms with E-state index in [-0.39, 0.29) is 5.78 Å². The standard InChI is InChI=1S/C18H29NO3/c1-4-16(5-2)19-12-17(21)13-22-18-10-8-15(9-11-18)7-6-14(3)20/h8-11,16-17,19,21H,4-7,12-13H2,1-3H3/p+1/t17-/m1/s1. The minimum absolute atomic E-state index is 0.206. The lowest BCUT2D eigenvalue weighted by Crippen LogP contribution is -2.91. The molecule has 0 aliphatic heterocycles. The van der Waals surface area contributed by atoms with Crippen molar-refractivity contribution < 1.29 is 20.0 Å². The fraction of sp³-hybridized carbons (Fsp3) is 0.611. The Balaban J connectivity index is 2.30. The zero-order valence-corrected chi connectivity index (χ0v) is 14.0. The maximum Gasteiger partial charge on any atom is 0.137 e. The van der Waals surface area contributed by atoms with Crippen molar-refractivity contribution in [3.63, 3.8) is 0 Å². The molecule has 4 nitrogen and oxygen atoms in total. The number of rotatable bonds is 11. The number of nitrogens with two attached hydrogens (primary N) is 1. The second kappa shape index (κ2) is 10.4. The Hall–Kier alpha value is -1.39. The summed E-state index contributed by atoms with van der Waals surface area (Å²) < 4.78 is 5.61. The van der Waals surface area contributed by atoms with Crippen molar-refractivity contribution in [2.45, 2.75) is 58.6 Å². The first-order chi connectivity index (χ1) is 10.5. The quantitative estimate of drug-likeness (QED) is 0.654. The van der Waals surface area contributed by atoms with Crippen LogP contribution in [0.3, 0.4) is 0 Å². The zero-order chi connectivity index (χ0) is 16.4. The fourth-order valence-corrected chi connectivity index (χ4v) is 2.30. The van der Waals surface area contributed by atoms with Gasteiger partial charge in [0.25, 0.3) is 0 Å². The third kappa shape index (κ3) is 7.57. The maximum absolute atomic E-state index is 11.0. The predicted octanol–water partition coefficient (Wildman–Crippen LogP) is 1.70. The molecule has 0 saturated carbocycles. The molecule has 0 aromatic heterocycles. The van der Waals surface area contributed by atoms with Gasteiger partial charge in [-0.3, -0.25) is 0 Å². The molecule has 1 aromatic carbocycles. The summed E-state index contributed by atoms with van der Waals surface area (Å²) in [6.45, 7) is 6.92. The van der Waals surface area contributed by atoms with E-state index in [9.17, 15) is 9.90 Å². The van der Waals surface area contributed by atoms with E-state index < -0.39 is 6.10 Å². The second-order valence-electron chi connectivity index (χ2n) is 5.86. The van der Waals surface area contributed by atoms with Crippen LogP contribution in [0.25, 0.3) is 0 Å². The van der Waals surface area contributed by atoms with E-state index in [4.69, 9.17) is 4.74 Å². The minimum Gasteiger partial charge on any atom is -0.491 e. The van der Waals surface area contributed by atoms with E-state index in [1.54, 1.807) is 6.92 Å². The SMILES string of the molecule is CCC(CC)[NH2+]C[C@@H](O)COc1ccc(CCC(C)=O)cc1. The van der Waals surface area contributed by atoms with Gasteiger partial charge in [-0.05, 0) is 43.9 Å². The van der Waals surface area contributed by atoms with Crippen molar-refractivity contribution >= 4 is 5.78 Å². The molecule has 0 radical (unpaired) electrons. The van der Waals surface area contributed by atoms with Gasteiger partial charge >= 0.3 is 0 Å². The molecule has 1 aromatic rings.